The minimum atomic E-state index is 0.0592. The van der Waals surface area contributed by atoms with Gasteiger partial charge in [0.1, 0.15) is 6.54 Å². The zero-order chi connectivity index (χ0) is 13.9. The van der Waals surface area contributed by atoms with Gasteiger partial charge in [-0.25, -0.2) is 0 Å². The lowest BCUT2D eigenvalue weighted by molar-refractivity contribution is -0.929. The van der Waals surface area contributed by atoms with Crippen molar-refractivity contribution in [1.29, 1.82) is 0 Å². The van der Waals surface area contributed by atoms with Gasteiger partial charge in [0.25, 0.3) is 5.91 Å². The van der Waals surface area contributed by atoms with Gasteiger partial charge in [0, 0.05) is 18.0 Å². The molecule has 1 unspecified atom stereocenters. The fourth-order valence-corrected chi connectivity index (χ4v) is 3.55. The molecule has 20 heavy (non-hydrogen) atoms. The molecule has 3 rings (SSSR count). The van der Waals surface area contributed by atoms with Gasteiger partial charge in [-0.1, -0.05) is 37.1 Å². The number of benzene rings is 1. The Bertz CT molecular complexity index is 480. The third kappa shape index (κ3) is 2.88. The van der Waals surface area contributed by atoms with Gasteiger partial charge >= 0.3 is 0 Å². The summed E-state index contributed by atoms with van der Waals surface area (Å²) in [5, 5.41) is 3.24. The predicted molar refractivity (Wildman–Crippen MR) is 79.5 cm³/mol. The zero-order valence-electron chi connectivity index (χ0n) is 12.3. The van der Waals surface area contributed by atoms with Crippen molar-refractivity contribution in [3.05, 3.63) is 35.4 Å². The van der Waals surface area contributed by atoms with Crippen LogP contribution in [0.4, 0.5) is 0 Å². The number of rotatable bonds is 3. The molecular weight excluding hydrogens is 248 g/mol. The molecule has 1 aromatic rings. The summed E-state index contributed by atoms with van der Waals surface area (Å²) in [6, 6.07) is 9.13. The number of carbonyl (C=O) groups excluding carboxylic acids is 1. The molecule has 1 heterocycles. The van der Waals surface area contributed by atoms with Crippen molar-refractivity contribution in [2.45, 2.75) is 57.7 Å². The highest BCUT2D eigenvalue weighted by Gasteiger charge is 2.30. The standard InChI is InChI=1S/C17H24N2O/c1-13(17(20)18-16-8-4-5-9-16)19-11-10-14-6-2-3-7-15(14)12-19/h2-3,6-7,13,16H,4-5,8-12H2,1H3,(H,18,20)/p+1/t13-/m1/s1. The monoisotopic (exact) mass is 273 g/mol. The maximum Gasteiger partial charge on any atom is 0.278 e. The fraction of sp³-hybridized carbons (Fsp3) is 0.588. The van der Waals surface area contributed by atoms with Crippen LogP contribution >= 0.6 is 0 Å². The third-order valence-electron chi connectivity index (χ3n) is 4.96. The van der Waals surface area contributed by atoms with Crippen molar-refractivity contribution < 1.29 is 9.69 Å². The van der Waals surface area contributed by atoms with Crippen LogP contribution in [0.1, 0.15) is 43.7 Å². The van der Waals surface area contributed by atoms with Crippen molar-refractivity contribution in [2.75, 3.05) is 6.54 Å². The number of carbonyl (C=O) groups is 1. The molecule has 1 saturated carbocycles. The lowest BCUT2D eigenvalue weighted by atomic mass is 9.98. The van der Waals surface area contributed by atoms with Crippen molar-refractivity contribution >= 4 is 5.91 Å². The molecule has 2 N–H and O–H groups in total. The Morgan fingerprint density at radius 2 is 1.95 bits per heavy atom. The van der Waals surface area contributed by atoms with E-state index < -0.39 is 0 Å². The molecule has 108 valence electrons. The van der Waals surface area contributed by atoms with Crippen LogP contribution in [0.25, 0.3) is 0 Å². The fourth-order valence-electron chi connectivity index (χ4n) is 3.55. The van der Waals surface area contributed by atoms with Crippen LogP contribution in [0, 0.1) is 0 Å². The van der Waals surface area contributed by atoms with Gasteiger partial charge in [0.2, 0.25) is 0 Å². The Morgan fingerprint density at radius 1 is 1.25 bits per heavy atom. The largest absolute Gasteiger partial charge is 0.348 e. The molecular formula is C17H25N2O+. The summed E-state index contributed by atoms with van der Waals surface area (Å²) in [5.41, 5.74) is 2.87. The topological polar surface area (TPSA) is 33.5 Å². The molecule has 2 atom stereocenters. The van der Waals surface area contributed by atoms with Gasteiger partial charge in [-0.3, -0.25) is 4.79 Å². The predicted octanol–water partition coefficient (Wildman–Crippen LogP) is 1.07. The van der Waals surface area contributed by atoms with Gasteiger partial charge in [-0.05, 0) is 25.3 Å². The molecule has 0 aromatic heterocycles. The highest BCUT2D eigenvalue weighted by atomic mass is 16.2. The van der Waals surface area contributed by atoms with Crippen molar-refractivity contribution in [2.24, 2.45) is 0 Å². The van der Waals surface area contributed by atoms with E-state index in [0.717, 1.165) is 32.4 Å². The van der Waals surface area contributed by atoms with Crippen molar-refractivity contribution in [3.63, 3.8) is 0 Å². The molecule has 1 aliphatic heterocycles. The summed E-state index contributed by atoms with van der Waals surface area (Å²) >= 11 is 0. The summed E-state index contributed by atoms with van der Waals surface area (Å²) in [6.07, 6.45) is 5.95. The molecule has 1 aromatic carbocycles. The van der Waals surface area contributed by atoms with Crippen LogP contribution in [0.3, 0.4) is 0 Å². The second kappa shape index (κ2) is 5.96. The number of quaternary nitrogens is 1. The van der Waals surface area contributed by atoms with E-state index in [1.165, 1.54) is 28.9 Å². The molecule has 0 spiro atoms. The van der Waals surface area contributed by atoms with E-state index in [4.69, 9.17) is 0 Å². The summed E-state index contributed by atoms with van der Waals surface area (Å²) in [7, 11) is 0. The van der Waals surface area contributed by atoms with Crippen molar-refractivity contribution in [1.82, 2.24) is 5.32 Å². The first-order chi connectivity index (χ1) is 9.74. The Kier molecular flexibility index (Phi) is 4.06. The average Bonchev–Trinajstić information content (AvgIpc) is 2.99. The first-order valence-electron chi connectivity index (χ1n) is 7.96. The molecule has 0 saturated heterocycles. The lowest BCUT2D eigenvalue weighted by Gasteiger charge is -2.30. The van der Waals surface area contributed by atoms with E-state index in [2.05, 4.69) is 36.5 Å². The number of fused-ring (bicyclic) bond motifs is 1. The van der Waals surface area contributed by atoms with Gasteiger partial charge in [-0.2, -0.15) is 0 Å². The van der Waals surface area contributed by atoms with Gasteiger partial charge in [-0.15, -0.1) is 0 Å². The quantitative estimate of drug-likeness (QED) is 0.849. The van der Waals surface area contributed by atoms with Gasteiger partial charge in [0.05, 0.1) is 6.54 Å². The molecule has 3 nitrogen and oxygen atoms in total. The van der Waals surface area contributed by atoms with E-state index in [1.54, 1.807) is 0 Å². The minimum Gasteiger partial charge on any atom is -0.348 e. The maximum atomic E-state index is 12.4. The van der Waals surface area contributed by atoms with Crippen LogP contribution < -0.4 is 10.2 Å². The molecule has 0 bridgehead atoms. The summed E-state index contributed by atoms with van der Waals surface area (Å²) in [5.74, 6) is 0.242. The molecule has 3 heteroatoms. The maximum absolute atomic E-state index is 12.4. The van der Waals surface area contributed by atoms with Crippen LogP contribution in [-0.4, -0.2) is 24.5 Å². The molecule has 2 aliphatic rings. The second-order valence-corrected chi connectivity index (χ2v) is 6.32. The highest BCUT2D eigenvalue weighted by molar-refractivity contribution is 5.80. The Morgan fingerprint density at radius 3 is 2.70 bits per heavy atom. The van der Waals surface area contributed by atoms with Gasteiger partial charge < -0.3 is 10.2 Å². The Hall–Kier alpha value is -1.35. The average molecular weight is 273 g/mol. The summed E-state index contributed by atoms with van der Waals surface area (Å²) in [4.78, 5) is 13.8. The van der Waals surface area contributed by atoms with E-state index in [1.807, 2.05) is 0 Å². The lowest BCUT2D eigenvalue weighted by Crippen LogP contribution is -3.16. The van der Waals surface area contributed by atoms with Crippen LogP contribution in [0.5, 0.6) is 0 Å². The minimum absolute atomic E-state index is 0.0592. The van der Waals surface area contributed by atoms with Gasteiger partial charge in [0.15, 0.2) is 6.04 Å². The number of hydrogen-bond acceptors (Lipinski definition) is 1. The third-order valence-corrected chi connectivity index (χ3v) is 4.96. The SMILES string of the molecule is C[C@H](C(=O)NC1CCCC1)[NH+]1CCc2ccccc2C1. The van der Waals surface area contributed by atoms with E-state index in [-0.39, 0.29) is 11.9 Å². The van der Waals surface area contributed by atoms with Crippen LogP contribution in [-0.2, 0) is 17.8 Å². The second-order valence-electron chi connectivity index (χ2n) is 6.32. The molecule has 0 radical (unpaired) electrons. The van der Waals surface area contributed by atoms with E-state index in [9.17, 15) is 4.79 Å². The molecule has 1 aliphatic carbocycles. The smallest absolute Gasteiger partial charge is 0.278 e. The van der Waals surface area contributed by atoms with E-state index >= 15 is 0 Å². The number of amides is 1. The summed E-state index contributed by atoms with van der Waals surface area (Å²) in [6.45, 7) is 4.12. The Labute approximate surface area is 121 Å². The highest BCUT2D eigenvalue weighted by Crippen LogP contribution is 2.17. The zero-order valence-corrected chi connectivity index (χ0v) is 12.3. The first kappa shape index (κ1) is 13.6. The van der Waals surface area contributed by atoms with Crippen molar-refractivity contribution in [3.8, 4) is 0 Å². The first-order valence-corrected chi connectivity index (χ1v) is 7.96. The summed E-state index contributed by atoms with van der Waals surface area (Å²) < 4.78 is 0. The Balaban J connectivity index is 1.60. The number of hydrogen-bond donors (Lipinski definition) is 2. The normalized spacial score (nSPS) is 24.1. The van der Waals surface area contributed by atoms with Crippen LogP contribution in [0.2, 0.25) is 0 Å². The van der Waals surface area contributed by atoms with E-state index in [0.29, 0.717) is 6.04 Å². The molecule has 1 fully saturated rings. The molecule has 1 amide bonds. The van der Waals surface area contributed by atoms with Crippen LogP contribution in [0.15, 0.2) is 24.3 Å². The number of nitrogens with one attached hydrogen (secondary N) is 2.